The van der Waals surface area contributed by atoms with Crippen molar-refractivity contribution in [3.63, 3.8) is 0 Å². The minimum Gasteiger partial charge on any atom is -0.369 e. The Hall–Kier alpha value is -1.42. The zero-order chi connectivity index (χ0) is 34.1. The summed E-state index contributed by atoms with van der Waals surface area (Å²) in [6, 6.07) is 0.602. The minimum absolute atomic E-state index is 0.105. The standard InChI is InChI=1S/C37H71N7O2/c1-27(2)39-33(42(12)29-25-36(7,8)44(37(9,10)26-29)46-31-21-17-14-18-22-31)40-32(38)41(11)28-23-34(3,4)43(35(5,6)24-28)45-30-19-15-13-16-20-30/h27-31H,13-26H2,1-12H3,(H2,38,39,40). The average molecular weight is 646 g/mol. The lowest BCUT2D eigenvalue weighted by atomic mass is 9.78. The first-order valence-corrected chi connectivity index (χ1v) is 18.6. The van der Waals surface area contributed by atoms with Crippen LogP contribution in [0.25, 0.3) is 0 Å². The van der Waals surface area contributed by atoms with E-state index in [1.807, 2.05) is 0 Å². The van der Waals surface area contributed by atoms with E-state index < -0.39 is 0 Å². The molecule has 0 aromatic rings. The quantitative estimate of drug-likeness (QED) is 0.227. The largest absolute Gasteiger partial charge is 0.369 e. The predicted octanol–water partition coefficient (Wildman–Crippen LogP) is 7.50. The van der Waals surface area contributed by atoms with E-state index >= 15 is 0 Å². The van der Waals surface area contributed by atoms with Gasteiger partial charge in [-0.2, -0.15) is 15.1 Å². The summed E-state index contributed by atoms with van der Waals surface area (Å²) in [5.74, 6) is 1.25. The Bertz CT molecular complexity index is 1020. The number of nitrogens with two attached hydrogens (primary N) is 1. The summed E-state index contributed by atoms with van der Waals surface area (Å²) in [5.41, 5.74) is 6.37. The molecule has 0 spiro atoms. The first kappa shape index (κ1) is 37.4. The fourth-order valence-electron chi connectivity index (χ4n) is 9.14. The normalized spacial score (nSPS) is 27.7. The van der Waals surface area contributed by atoms with Gasteiger partial charge in [-0.25, -0.2) is 4.99 Å². The average Bonchev–Trinajstić information content (AvgIpc) is 2.95. The van der Waals surface area contributed by atoms with E-state index in [1.54, 1.807) is 0 Å². The molecule has 0 radical (unpaired) electrons. The number of hydrogen-bond donors (Lipinski definition) is 1. The number of hydroxylamine groups is 4. The molecule has 0 aromatic carbocycles. The highest BCUT2D eigenvalue weighted by Crippen LogP contribution is 2.43. The Labute approximate surface area is 282 Å². The molecule has 266 valence electrons. The molecule has 0 bridgehead atoms. The highest BCUT2D eigenvalue weighted by Gasteiger charge is 2.50. The van der Waals surface area contributed by atoms with Crippen molar-refractivity contribution >= 4 is 11.9 Å². The Morgan fingerprint density at radius 2 is 0.978 bits per heavy atom. The zero-order valence-corrected chi connectivity index (χ0v) is 31.9. The molecule has 2 aliphatic heterocycles. The summed E-state index contributed by atoms with van der Waals surface area (Å²) in [6.07, 6.45) is 16.9. The van der Waals surface area contributed by atoms with Crippen LogP contribution in [-0.4, -0.2) is 98.4 Å². The monoisotopic (exact) mass is 646 g/mol. The van der Waals surface area contributed by atoms with Crippen LogP contribution in [0.1, 0.15) is 159 Å². The molecule has 2 aliphatic carbocycles. The molecular formula is C37H71N7O2. The van der Waals surface area contributed by atoms with Gasteiger partial charge in [-0.3, -0.25) is 9.68 Å². The second-order valence-electron chi connectivity index (χ2n) is 17.9. The van der Waals surface area contributed by atoms with Crippen molar-refractivity contribution in [1.29, 1.82) is 0 Å². The summed E-state index contributed by atoms with van der Waals surface area (Å²) < 4.78 is 0. The lowest BCUT2D eigenvalue weighted by Gasteiger charge is -2.56. The zero-order valence-electron chi connectivity index (χ0n) is 31.9. The number of guanidine groups is 2. The Morgan fingerprint density at radius 1 is 0.630 bits per heavy atom. The van der Waals surface area contributed by atoms with Crippen molar-refractivity contribution in [2.75, 3.05) is 14.1 Å². The van der Waals surface area contributed by atoms with Crippen molar-refractivity contribution in [3.05, 3.63) is 0 Å². The SMILES string of the molecule is CC(C)/N=C(\N=C(/N)N(C)C1CC(C)(C)N(OC2CCCCC2)C(C)(C)C1)N(C)C1CC(C)(C)N(OC2CCCCC2)C(C)(C)C1. The second kappa shape index (κ2) is 14.6. The molecule has 4 aliphatic rings. The van der Waals surface area contributed by atoms with Gasteiger partial charge in [-0.15, -0.1) is 0 Å². The molecule has 9 nitrogen and oxygen atoms in total. The van der Waals surface area contributed by atoms with Gasteiger partial charge >= 0.3 is 0 Å². The Kier molecular flexibility index (Phi) is 11.9. The molecule has 2 saturated heterocycles. The molecule has 2 saturated carbocycles. The van der Waals surface area contributed by atoms with Crippen LogP contribution in [0, 0.1) is 0 Å². The first-order valence-electron chi connectivity index (χ1n) is 18.6. The Morgan fingerprint density at radius 3 is 1.33 bits per heavy atom. The first-order chi connectivity index (χ1) is 21.3. The van der Waals surface area contributed by atoms with E-state index in [1.165, 1.54) is 51.4 Å². The number of rotatable bonds is 7. The third-order valence-corrected chi connectivity index (χ3v) is 11.1. The van der Waals surface area contributed by atoms with Gasteiger partial charge < -0.3 is 15.5 Å². The van der Waals surface area contributed by atoms with Crippen LogP contribution in [0.15, 0.2) is 9.98 Å². The number of nitrogens with zero attached hydrogens (tertiary/aromatic N) is 6. The van der Waals surface area contributed by atoms with Gasteiger partial charge in [0.15, 0.2) is 5.96 Å². The van der Waals surface area contributed by atoms with Gasteiger partial charge in [-0.1, -0.05) is 38.5 Å². The van der Waals surface area contributed by atoms with E-state index in [4.69, 9.17) is 25.4 Å². The van der Waals surface area contributed by atoms with Gasteiger partial charge in [0, 0.05) is 54.4 Å². The number of hydrogen-bond acceptors (Lipinski definition) is 5. The lowest BCUT2D eigenvalue weighted by molar-refractivity contribution is -0.312. The van der Waals surface area contributed by atoms with Crippen LogP contribution in [0.4, 0.5) is 0 Å². The predicted molar refractivity (Wildman–Crippen MR) is 192 cm³/mol. The second-order valence-corrected chi connectivity index (χ2v) is 17.9. The maximum Gasteiger partial charge on any atom is 0.224 e. The highest BCUT2D eigenvalue weighted by molar-refractivity contribution is 5.94. The molecule has 2 heterocycles. The fourth-order valence-corrected chi connectivity index (χ4v) is 9.14. The van der Waals surface area contributed by atoms with Crippen molar-refractivity contribution in [3.8, 4) is 0 Å². The maximum atomic E-state index is 6.88. The number of aliphatic imine (C=N–C) groups is 2. The van der Waals surface area contributed by atoms with Crippen molar-refractivity contribution in [1.82, 2.24) is 19.9 Å². The van der Waals surface area contributed by atoms with Crippen LogP contribution >= 0.6 is 0 Å². The van der Waals surface area contributed by atoms with Crippen molar-refractivity contribution < 1.29 is 9.68 Å². The molecule has 2 N–H and O–H groups in total. The van der Waals surface area contributed by atoms with Crippen molar-refractivity contribution in [2.45, 2.75) is 212 Å². The van der Waals surface area contributed by atoms with Crippen LogP contribution in [-0.2, 0) is 9.68 Å². The third kappa shape index (κ3) is 8.97. The smallest absolute Gasteiger partial charge is 0.224 e. The van der Waals surface area contributed by atoms with Gasteiger partial charge in [-0.05, 0) is 121 Å². The summed E-state index contributed by atoms with van der Waals surface area (Å²) in [4.78, 5) is 28.1. The van der Waals surface area contributed by atoms with E-state index in [0.29, 0.717) is 24.1 Å². The topological polar surface area (TPSA) is 82.2 Å². The lowest BCUT2D eigenvalue weighted by Crippen LogP contribution is -2.65. The van der Waals surface area contributed by atoms with Crippen LogP contribution in [0.3, 0.4) is 0 Å². The van der Waals surface area contributed by atoms with Gasteiger partial charge in [0.1, 0.15) is 0 Å². The van der Waals surface area contributed by atoms with Gasteiger partial charge in [0.25, 0.3) is 0 Å². The molecule has 4 fully saturated rings. The maximum absolute atomic E-state index is 6.88. The molecular weight excluding hydrogens is 574 g/mol. The minimum atomic E-state index is -0.130. The summed E-state index contributed by atoms with van der Waals surface area (Å²) >= 11 is 0. The molecule has 0 amide bonds. The Balaban J connectivity index is 1.49. The van der Waals surface area contributed by atoms with E-state index in [9.17, 15) is 0 Å². The molecule has 0 aromatic heterocycles. The van der Waals surface area contributed by atoms with Gasteiger partial charge in [0.05, 0.1) is 12.2 Å². The van der Waals surface area contributed by atoms with Crippen LogP contribution < -0.4 is 5.73 Å². The third-order valence-electron chi connectivity index (χ3n) is 11.1. The molecule has 46 heavy (non-hydrogen) atoms. The fraction of sp³-hybridized carbons (Fsp3) is 0.946. The van der Waals surface area contributed by atoms with Crippen molar-refractivity contribution in [2.24, 2.45) is 15.7 Å². The van der Waals surface area contributed by atoms with E-state index in [-0.39, 0.29) is 40.3 Å². The number of piperidine rings is 2. The van der Waals surface area contributed by atoms with Crippen LogP contribution in [0.5, 0.6) is 0 Å². The summed E-state index contributed by atoms with van der Waals surface area (Å²) in [6.45, 7) is 22.8. The summed E-state index contributed by atoms with van der Waals surface area (Å²) in [7, 11) is 4.26. The molecule has 0 unspecified atom stereocenters. The molecule has 0 atom stereocenters. The molecule has 9 heteroatoms. The summed E-state index contributed by atoms with van der Waals surface area (Å²) in [5, 5.41) is 4.65. The van der Waals surface area contributed by atoms with Gasteiger partial charge in [0.2, 0.25) is 5.96 Å². The van der Waals surface area contributed by atoms with E-state index in [2.05, 4.69) is 103 Å². The highest BCUT2D eigenvalue weighted by atomic mass is 16.7. The van der Waals surface area contributed by atoms with Crippen LogP contribution in [0.2, 0.25) is 0 Å². The van der Waals surface area contributed by atoms with E-state index in [0.717, 1.165) is 38.5 Å². The molecule has 4 rings (SSSR count).